The lowest BCUT2D eigenvalue weighted by Crippen LogP contribution is -2.07. The fourth-order valence-corrected chi connectivity index (χ4v) is 2.16. The maximum atomic E-state index is 11.6. The first-order valence-electron chi connectivity index (χ1n) is 4.62. The van der Waals surface area contributed by atoms with Crippen LogP contribution in [-0.4, -0.2) is 12.6 Å². The van der Waals surface area contributed by atoms with E-state index in [1.807, 2.05) is 6.92 Å². The summed E-state index contributed by atoms with van der Waals surface area (Å²) in [5, 5.41) is 1.29. The van der Waals surface area contributed by atoms with Gasteiger partial charge in [0.1, 0.15) is 0 Å². The highest BCUT2D eigenvalue weighted by Crippen LogP contribution is 2.23. The molecule has 2 nitrogen and oxygen atoms in total. The third-order valence-electron chi connectivity index (χ3n) is 2.03. The van der Waals surface area contributed by atoms with Gasteiger partial charge in [0, 0.05) is 10.4 Å². The minimum Gasteiger partial charge on any atom is -0.462 e. The average molecular weight is 292 g/mol. The lowest BCUT2D eigenvalue weighted by molar-refractivity contribution is 0.0525. The highest BCUT2D eigenvalue weighted by Gasteiger charge is 2.12. The number of ether oxygens (including phenoxy) is 1. The Kier molecular flexibility index (Phi) is 4.61. The number of aryl methyl sites for hydroxylation is 1. The van der Waals surface area contributed by atoms with Crippen LogP contribution in [0.15, 0.2) is 12.1 Å². The number of carbonyl (C=O) groups is 1. The molecule has 1 aromatic rings. The number of carbonyl (C=O) groups excluding carboxylic acids is 1. The zero-order chi connectivity index (χ0) is 11.4. The molecule has 15 heavy (non-hydrogen) atoms. The van der Waals surface area contributed by atoms with Crippen LogP contribution in [0.25, 0.3) is 0 Å². The Bertz CT molecular complexity index is 377. The molecule has 0 aliphatic heterocycles. The number of halogens is 2. The fourth-order valence-electron chi connectivity index (χ4n) is 1.25. The van der Waals surface area contributed by atoms with Gasteiger partial charge < -0.3 is 4.74 Å². The normalized spacial score (nSPS) is 10.1. The predicted octanol–water partition coefficient (Wildman–Crippen LogP) is 3.72. The summed E-state index contributed by atoms with van der Waals surface area (Å²) in [6.07, 6.45) is 0. The number of benzene rings is 1. The van der Waals surface area contributed by atoms with E-state index in [0.717, 1.165) is 11.1 Å². The van der Waals surface area contributed by atoms with Crippen molar-refractivity contribution in [2.75, 3.05) is 6.61 Å². The van der Waals surface area contributed by atoms with E-state index >= 15 is 0 Å². The number of hydrogen-bond donors (Lipinski definition) is 0. The van der Waals surface area contributed by atoms with Crippen LogP contribution in [-0.2, 0) is 10.1 Å². The van der Waals surface area contributed by atoms with Gasteiger partial charge in [-0.2, -0.15) is 0 Å². The van der Waals surface area contributed by atoms with E-state index in [1.165, 1.54) is 0 Å². The van der Waals surface area contributed by atoms with Crippen LogP contribution in [0.3, 0.4) is 0 Å². The zero-order valence-corrected chi connectivity index (χ0v) is 11.0. The Morgan fingerprint density at radius 2 is 2.20 bits per heavy atom. The molecule has 0 unspecified atom stereocenters. The van der Waals surface area contributed by atoms with Gasteiger partial charge in [0.25, 0.3) is 0 Å². The molecular weight excluding hydrogens is 279 g/mol. The monoisotopic (exact) mass is 290 g/mol. The standard InChI is InChI=1S/C11H12BrClO2/c1-3-15-11(14)9-5-8(6-12)10(13)4-7(9)2/h4-5H,3,6H2,1-2H3. The molecule has 0 fully saturated rings. The molecule has 0 saturated heterocycles. The van der Waals surface area contributed by atoms with E-state index in [2.05, 4.69) is 15.9 Å². The van der Waals surface area contributed by atoms with Crippen LogP contribution >= 0.6 is 27.5 Å². The van der Waals surface area contributed by atoms with E-state index < -0.39 is 0 Å². The SMILES string of the molecule is CCOC(=O)c1cc(CBr)c(Cl)cc1C. The van der Waals surface area contributed by atoms with Gasteiger partial charge >= 0.3 is 5.97 Å². The summed E-state index contributed by atoms with van der Waals surface area (Å²) in [5.41, 5.74) is 2.31. The van der Waals surface area contributed by atoms with E-state index in [4.69, 9.17) is 16.3 Å². The quantitative estimate of drug-likeness (QED) is 0.627. The summed E-state index contributed by atoms with van der Waals surface area (Å²) in [6.45, 7) is 4.01. The van der Waals surface area contributed by atoms with Crippen LogP contribution in [0.4, 0.5) is 0 Å². The van der Waals surface area contributed by atoms with Gasteiger partial charge in [0.2, 0.25) is 0 Å². The van der Waals surface area contributed by atoms with Gasteiger partial charge in [-0.05, 0) is 37.1 Å². The highest BCUT2D eigenvalue weighted by atomic mass is 79.9. The second kappa shape index (κ2) is 5.52. The third kappa shape index (κ3) is 2.95. The van der Waals surface area contributed by atoms with E-state index in [1.54, 1.807) is 19.1 Å². The number of hydrogen-bond acceptors (Lipinski definition) is 2. The molecule has 82 valence electrons. The lowest BCUT2D eigenvalue weighted by atomic mass is 10.1. The minimum absolute atomic E-state index is 0.297. The first kappa shape index (κ1) is 12.5. The second-order valence-corrected chi connectivity index (χ2v) is 4.08. The van der Waals surface area contributed by atoms with E-state index in [9.17, 15) is 4.79 Å². The van der Waals surface area contributed by atoms with Crippen molar-refractivity contribution >= 4 is 33.5 Å². The van der Waals surface area contributed by atoms with Gasteiger partial charge in [-0.25, -0.2) is 4.79 Å². The van der Waals surface area contributed by atoms with Crippen molar-refractivity contribution in [3.8, 4) is 0 Å². The molecule has 0 aliphatic rings. The van der Waals surface area contributed by atoms with Crippen LogP contribution in [0.1, 0.15) is 28.4 Å². The van der Waals surface area contributed by atoms with Gasteiger partial charge in [0.05, 0.1) is 12.2 Å². The van der Waals surface area contributed by atoms with Crippen molar-refractivity contribution in [2.45, 2.75) is 19.2 Å². The molecule has 1 rings (SSSR count). The molecule has 0 radical (unpaired) electrons. The predicted molar refractivity (Wildman–Crippen MR) is 64.8 cm³/mol. The number of alkyl halides is 1. The van der Waals surface area contributed by atoms with E-state index in [-0.39, 0.29) is 5.97 Å². The maximum absolute atomic E-state index is 11.6. The third-order valence-corrected chi connectivity index (χ3v) is 2.99. The molecule has 1 aromatic carbocycles. The summed E-state index contributed by atoms with van der Waals surface area (Å²) < 4.78 is 4.95. The van der Waals surface area contributed by atoms with Crippen LogP contribution in [0.5, 0.6) is 0 Å². The maximum Gasteiger partial charge on any atom is 0.338 e. The molecule has 4 heteroatoms. The summed E-state index contributed by atoms with van der Waals surface area (Å²) in [4.78, 5) is 11.6. The molecule has 0 aliphatic carbocycles. The molecule has 0 aromatic heterocycles. The van der Waals surface area contributed by atoms with Gasteiger partial charge in [0.15, 0.2) is 0 Å². The fraction of sp³-hybridized carbons (Fsp3) is 0.364. The van der Waals surface area contributed by atoms with Crippen LogP contribution in [0, 0.1) is 6.92 Å². The Morgan fingerprint density at radius 1 is 1.53 bits per heavy atom. The minimum atomic E-state index is -0.297. The van der Waals surface area contributed by atoms with Crippen molar-refractivity contribution in [1.82, 2.24) is 0 Å². The van der Waals surface area contributed by atoms with Crippen LogP contribution in [0.2, 0.25) is 5.02 Å². The molecule has 0 saturated carbocycles. The molecule has 0 heterocycles. The molecule has 0 bridgehead atoms. The molecular formula is C11H12BrClO2. The van der Waals surface area contributed by atoms with Crippen molar-refractivity contribution in [2.24, 2.45) is 0 Å². The number of esters is 1. The second-order valence-electron chi connectivity index (χ2n) is 3.11. The smallest absolute Gasteiger partial charge is 0.338 e. The summed E-state index contributed by atoms with van der Waals surface area (Å²) in [5.74, 6) is -0.297. The van der Waals surface area contributed by atoms with Gasteiger partial charge in [-0.15, -0.1) is 0 Å². The van der Waals surface area contributed by atoms with Crippen molar-refractivity contribution in [3.63, 3.8) is 0 Å². The van der Waals surface area contributed by atoms with Crippen molar-refractivity contribution in [1.29, 1.82) is 0 Å². The molecule has 0 amide bonds. The topological polar surface area (TPSA) is 26.3 Å². The zero-order valence-electron chi connectivity index (χ0n) is 8.64. The average Bonchev–Trinajstić information content (AvgIpc) is 2.18. The first-order chi connectivity index (χ1) is 7.10. The largest absolute Gasteiger partial charge is 0.462 e. The Hall–Kier alpha value is -0.540. The summed E-state index contributed by atoms with van der Waals surface area (Å²) in [6, 6.07) is 3.55. The Morgan fingerprint density at radius 3 is 2.73 bits per heavy atom. The molecule has 0 atom stereocenters. The Labute approximate surface area is 103 Å². The van der Waals surface area contributed by atoms with E-state index in [0.29, 0.717) is 22.5 Å². The number of rotatable bonds is 3. The summed E-state index contributed by atoms with van der Waals surface area (Å²) in [7, 11) is 0. The molecule has 0 spiro atoms. The van der Waals surface area contributed by atoms with Gasteiger partial charge in [-0.1, -0.05) is 27.5 Å². The molecule has 0 N–H and O–H groups in total. The van der Waals surface area contributed by atoms with Crippen molar-refractivity contribution in [3.05, 3.63) is 33.8 Å². The van der Waals surface area contributed by atoms with Crippen molar-refractivity contribution < 1.29 is 9.53 Å². The first-order valence-corrected chi connectivity index (χ1v) is 6.12. The lowest BCUT2D eigenvalue weighted by Gasteiger charge is -2.08. The summed E-state index contributed by atoms with van der Waals surface area (Å²) >= 11 is 9.32. The van der Waals surface area contributed by atoms with Crippen LogP contribution < -0.4 is 0 Å². The highest BCUT2D eigenvalue weighted by molar-refractivity contribution is 9.08. The van der Waals surface area contributed by atoms with Gasteiger partial charge in [-0.3, -0.25) is 0 Å². The Balaban J connectivity index is 3.12.